The van der Waals surface area contributed by atoms with Gasteiger partial charge in [-0.25, -0.2) is 4.79 Å². The highest BCUT2D eigenvalue weighted by molar-refractivity contribution is 5.89. The lowest BCUT2D eigenvalue weighted by Gasteiger charge is -2.07. The van der Waals surface area contributed by atoms with Crippen LogP contribution in [0, 0.1) is 0 Å². The van der Waals surface area contributed by atoms with Gasteiger partial charge in [0.05, 0.1) is 5.56 Å². The van der Waals surface area contributed by atoms with Gasteiger partial charge in [0.1, 0.15) is 6.61 Å². The molecule has 0 amide bonds. The first kappa shape index (κ1) is 13.6. The maximum Gasteiger partial charge on any atom is 0.338 e. The van der Waals surface area contributed by atoms with Gasteiger partial charge >= 0.3 is 5.97 Å². The number of nitrogens with one attached hydrogen (secondary N) is 1. The molecule has 1 aliphatic rings. The van der Waals surface area contributed by atoms with E-state index in [4.69, 9.17) is 4.74 Å². The SMILES string of the molecule is C=CCOC(=O)c1ccc(C2=CCCNCC2)cc1. The number of ether oxygens (including phenoxy) is 1. The Morgan fingerprint density at radius 3 is 2.84 bits per heavy atom. The third-order valence-electron chi connectivity index (χ3n) is 3.11. The molecular formula is C16H19NO2. The standard InChI is InChI=1S/C16H19NO2/c1-2-12-19-16(18)15-7-5-14(6-8-15)13-4-3-10-17-11-9-13/h2,4-8,17H,1,3,9-12H2. The fourth-order valence-corrected chi connectivity index (χ4v) is 2.10. The number of hydrogen-bond donors (Lipinski definition) is 1. The average Bonchev–Trinajstić information content (AvgIpc) is 2.74. The Balaban J connectivity index is 2.07. The highest BCUT2D eigenvalue weighted by Crippen LogP contribution is 2.20. The van der Waals surface area contributed by atoms with E-state index in [0.717, 1.165) is 25.9 Å². The Hall–Kier alpha value is -1.87. The molecule has 0 saturated heterocycles. The highest BCUT2D eigenvalue weighted by Gasteiger charge is 2.08. The summed E-state index contributed by atoms with van der Waals surface area (Å²) in [6.45, 7) is 5.81. The van der Waals surface area contributed by atoms with E-state index in [0.29, 0.717) is 5.56 Å². The van der Waals surface area contributed by atoms with Crippen molar-refractivity contribution in [2.24, 2.45) is 0 Å². The van der Waals surface area contributed by atoms with Crippen molar-refractivity contribution in [3.63, 3.8) is 0 Å². The third-order valence-corrected chi connectivity index (χ3v) is 3.11. The van der Waals surface area contributed by atoms with Crippen molar-refractivity contribution in [3.8, 4) is 0 Å². The Morgan fingerprint density at radius 2 is 2.11 bits per heavy atom. The van der Waals surface area contributed by atoms with Gasteiger partial charge in [-0.05, 0) is 49.2 Å². The fourth-order valence-electron chi connectivity index (χ4n) is 2.10. The molecule has 0 bridgehead atoms. The number of esters is 1. The summed E-state index contributed by atoms with van der Waals surface area (Å²) in [6, 6.07) is 7.61. The van der Waals surface area contributed by atoms with Gasteiger partial charge in [-0.1, -0.05) is 30.9 Å². The Morgan fingerprint density at radius 1 is 1.32 bits per heavy atom. The lowest BCUT2D eigenvalue weighted by atomic mass is 10.0. The molecule has 19 heavy (non-hydrogen) atoms. The van der Waals surface area contributed by atoms with Gasteiger partial charge in [-0.3, -0.25) is 0 Å². The number of rotatable bonds is 4. The van der Waals surface area contributed by atoms with Crippen LogP contribution in [0.1, 0.15) is 28.8 Å². The van der Waals surface area contributed by atoms with Crippen LogP contribution in [-0.4, -0.2) is 25.7 Å². The second kappa shape index (κ2) is 6.90. The van der Waals surface area contributed by atoms with Crippen LogP contribution >= 0.6 is 0 Å². The summed E-state index contributed by atoms with van der Waals surface area (Å²) in [6.07, 6.45) is 5.92. The van der Waals surface area contributed by atoms with Gasteiger partial charge in [0, 0.05) is 0 Å². The number of carbonyl (C=O) groups is 1. The highest BCUT2D eigenvalue weighted by atomic mass is 16.5. The van der Waals surface area contributed by atoms with E-state index in [1.54, 1.807) is 6.08 Å². The molecule has 0 fully saturated rings. The first-order valence-corrected chi connectivity index (χ1v) is 6.59. The molecule has 0 saturated carbocycles. The van der Waals surface area contributed by atoms with Crippen LogP contribution in [0.5, 0.6) is 0 Å². The van der Waals surface area contributed by atoms with Crippen LogP contribution in [0.3, 0.4) is 0 Å². The molecule has 100 valence electrons. The number of hydrogen-bond acceptors (Lipinski definition) is 3. The predicted octanol–water partition coefficient (Wildman–Crippen LogP) is 2.80. The molecular weight excluding hydrogens is 238 g/mol. The van der Waals surface area contributed by atoms with E-state index in [9.17, 15) is 4.79 Å². The van der Waals surface area contributed by atoms with Crippen LogP contribution in [0.25, 0.3) is 5.57 Å². The van der Waals surface area contributed by atoms with Crippen molar-refractivity contribution in [2.45, 2.75) is 12.8 Å². The predicted molar refractivity (Wildman–Crippen MR) is 77.0 cm³/mol. The van der Waals surface area contributed by atoms with Gasteiger partial charge in [-0.2, -0.15) is 0 Å². The lowest BCUT2D eigenvalue weighted by Crippen LogP contribution is -2.13. The zero-order valence-corrected chi connectivity index (χ0v) is 11.0. The largest absolute Gasteiger partial charge is 0.458 e. The summed E-state index contributed by atoms with van der Waals surface area (Å²) >= 11 is 0. The zero-order chi connectivity index (χ0) is 13.5. The minimum absolute atomic E-state index is 0.247. The molecule has 0 aliphatic carbocycles. The minimum atomic E-state index is -0.303. The normalized spacial score (nSPS) is 15.3. The monoisotopic (exact) mass is 257 g/mol. The average molecular weight is 257 g/mol. The van der Waals surface area contributed by atoms with Gasteiger partial charge in [0.25, 0.3) is 0 Å². The Bertz CT molecular complexity index is 474. The van der Waals surface area contributed by atoms with Crippen LogP contribution in [0.2, 0.25) is 0 Å². The maximum atomic E-state index is 11.7. The van der Waals surface area contributed by atoms with Crippen molar-refractivity contribution in [3.05, 3.63) is 54.1 Å². The summed E-state index contributed by atoms with van der Waals surface area (Å²) in [5.41, 5.74) is 3.11. The second-order valence-corrected chi connectivity index (χ2v) is 4.48. The molecule has 1 heterocycles. The molecule has 3 nitrogen and oxygen atoms in total. The van der Waals surface area contributed by atoms with E-state index in [1.165, 1.54) is 11.1 Å². The molecule has 3 heteroatoms. The number of carbonyl (C=O) groups excluding carboxylic acids is 1. The topological polar surface area (TPSA) is 38.3 Å². The summed E-state index contributed by atoms with van der Waals surface area (Å²) in [5, 5.41) is 3.36. The fraction of sp³-hybridized carbons (Fsp3) is 0.312. The summed E-state index contributed by atoms with van der Waals surface area (Å²) in [5.74, 6) is -0.303. The minimum Gasteiger partial charge on any atom is -0.458 e. The molecule has 0 atom stereocenters. The molecule has 1 N–H and O–H groups in total. The van der Waals surface area contributed by atoms with Crippen molar-refractivity contribution in [1.82, 2.24) is 5.32 Å². The molecule has 0 unspecified atom stereocenters. The van der Waals surface area contributed by atoms with Crippen molar-refractivity contribution < 1.29 is 9.53 Å². The molecule has 0 aromatic heterocycles. The van der Waals surface area contributed by atoms with Crippen LogP contribution in [0.4, 0.5) is 0 Å². The van der Waals surface area contributed by atoms with Gasteiger partial charge < -0.3 is 10.1 Å². The first-order valence-electron chi connectivity index (χ1n) is 6.59. The van der Waals surface area contributed by atoms with Gasteiger partial charge in [0.2, 0.25) is 0 Å². The molecule has 0 radical (unpaired) electrons. The molecule has 1 aliphatic heterocycles. The van der Waals surface area contributed by atoms with Crippen LogP contribution < -0.4 is 5.32 Å². The molecule has 0 spiro atoms. The molecule has 1 aromatic carbocycles. The molecule has 1 aromatic rings. The Labute approximate surface area is 114 Å². The smallest absolute Gasteiger partial charge is 0.338 e. The van der Waals surface area contributed by atoms with Gasteiger partial charge in [0.15, 0.2) is 0 Å². The lowest BCUT2D eigenvalue weighted by molar-refractivity contribution is 0.0550. The second-order valence-electron chi connectivity index (χ2n) is 4.48. The summed E-state index contributed by atoms with van der Waals surface area (Å²) in [7, 11) is 0. The van der Waals surface area contributed by atoms with E-state index in [1.807, 2.05) is 24.3 Å². The van der Waals surface area contributed by atoms with E-state index in [2.05, 4.69) is 18.0 Å². The maximum absolute atomic E-state index is 11.7. The van der Waals surface area contributed by atoms with E-state index in [-0.39, 0.29) is 12.6 Å². The summed E-state index contributed by atoms with van der Waals surface area (Å²) in [4.78, 5) is 11.7. The van der Waals surface area contributed by atoms with Crippen LogP contribution in [-0.2, 0) is 4.74 Å². The molecule has 2 rings (SSSR count). The zero-order valence-electron chi connectivity index (χ0n) is 11.0. The van der Waals surface area contributed by atoms with Crippen LogP contribution in [0.15, 0.2) is 43.0 Å². The first-order chi connectivity index (χ1) is 9.31. The van der Waals surface area contributed by atoms with Crippen molar-refractivity contribution in [1.29, 1.82) is 0 Å². The third kappa shape index (κ3) is 3.80. The van der Waals surface area contributed by atoms with Crippen molar-refractivity contribution >= 4 is 11.5 Å². The van der Waals surface area contributed by atoms with Crippen molar-refractivity contribution in [2.75, 3.05) is 19.7 Å². The van der Waals surface area contributed by atoms with Gasteiger partial charge in [-0.15, -0.1) is 0 Å². The van der Waals surface area contributed by atoms with E-state index < -0.39 is 0 Å². The quantitative estimate of drug-likeness (QED) is 0.666. The van der Waals surface area contributed by atoms with E-state index >= 15 is 0 Å². The Kier molecular flexibility index (Phi) is 4.93. The number of benzene rings is 1. The summed E-state index contributed by atoms with van der Waals surface area (Å²) < 4.78 is 5.00.